The molecule has 1 fully saturated rings. The van der Waals surface area contributed by atoms with Gasteiger partial charge in [-0.05, 0) is 43.3 Å². The second kappa shape index (κ2) is 20.8. The van der Waals surface area contributed by atoms with E-state index < -0.39 is 11.7 Å². The van der Waals surface area contributed by atoms with Crippen molar-refractivity contribution in [3.8, 4) is 0 Å². The van der Waals surface area contributed by atoms with E-state index in [1.807, 2.05) is 29.2 Å². The van der Waals surface area contributed by atoms with Gasteiger partial charge in [0, 0.05) is 77.5 Å². The van der Waals surface area contributed by atoms with Crippen LogP contribution >= 0.6 is 11.8 Å². The molecule has 0 amide bonds. The van der Waals surface area contributed by atoms with E-state index in [2.05, 4.69) is 9.80 Å². The van der Waals surface area contributed by atoms with E-state index in [4.69, 9.17) is 33.2 Å². The minimum atomic E-state index is -4.38. The predicted molar refractivity (Wildman–Crippen MR) is 183 cm³/mol. The van der Waals surface area contributed by atoms with E-state index in [0.717, 1.165) is 61.2 Å². The maximum absolute atomic E-state index is 13.6. The third-order valence-corrected chi connectivity index (χ3v) is 9.82. The molecule has 3 atom stereocenters. The zero-order chi connectivity index (χ0) is 35.1. The highest BCUT2D eigenvalue weighted by Gasteiger charge is 2.33. The molecule has 2 aliphatic rings. The number of methoxy groups -OCH3 is 4. The smallest absolute Gasteiger partial charge is 0.382 e. The lowest BCUT2D eigenvalue weighted by Gasteiger charge is -2.37. The summed E-state index contributed by atoms with van der Waals surface area (Å²) in [5, 5.41) is 0. The Labute approximate surface area is 293 Å². The number of fused-ring (bicyclic) bond motifs is 2. The quantitative estimate of drug-likeness (QED) is 0.154. The maximum atomic E-state index is 13.6. The summed E-state index contributed by atoms with van der Waals surface area (Å²) in [7, 11) is 6.60. The number of ether oxygens (including phenoxy) is 7. The van der Waals surface area contributed by atoms with Gasteiger partial charge in [-0.2, -0.15) is 13.2 Å². The van der Waals surface area contributed by atoms with Crippen LogP contribution in [0.15, 0.2) is 52.3 Å². The number of nitrogens with zero attached hydrogens (tertiary/aromatic N) is 3. The molecule has 49 heavy (non-hydrogen) atoms. The summed E-state index contributed by atoms with van der Waals surface area (Å²) >= 11 is 1.52. The number of hydrogen-bond donors (Lipinski definition) is 0. The number of piperazine rings is 1. The Bertz CT molecular complexity index is 1240. The second-order valence-electron chi connectivity index (χ2n) is 12.1. The van der Waals surface area contributed by atoms with Gasteiger partial charge in [0.2, 0.25) is 0 Å². The summed E-state index contributed by atoms with van der Waals surface area (Å²) in [5.74, 6) is 0. The third kappa shape index (κ3) is 12.6. The van der Waals surface area contributed by atoms with E-state index in [1.165, 1.54) is 23.9 Å². The molecule has 14 heteroatoms. The van der Waals surface area contributed by atoms with E-state index in [0.29, 0.717) is 58.5 Å². The molecule has 2 aromatic carbocycles. The number of alkyl halides is 3. The summed E-state index contributed by atoms with van der Waals surface area (Å²) < 4.78 is 79.6. The zero-order valence-electron chi connectivity index (χ0n) is 29.1. The van der Waals surface area contributed by atoms with Crippen molar-refractivity contribution in [3.63, 3.8) is 0 Å². The lowest BCUT2D eigenvalue weighted by Crippen LogP contribution is -2.49. The first-order valence-electron chi connectivity index (χ1n) is 16.8. The Morgan fingerprint density at radius 3 is 1.90 bits per heavy atom. The van der Waals surface area contributed by atoms with Crippen LogP contribution in [0, 0.1) is 0 Å². The van der Waals surface area contributed by atoms with Gasteiger partial charge in [0.1, 0.15) is 12.2 Å². The summed E-state index contributed by atoms with van der Waals surface area (Å²) in [5.41, 5.74) is 0.965. The van der Waals surface area contributed by atoms with E-state index in [1.54, 1.807) is 34.5 Å². The van der Waals surface area contributed by atoms with Crippen molar-refractivity contribution in [1.29, 1.82) is 0 Å². The van der Waals surface area contributed by atoms with Crippen LogP contribution < -0.4 is 4.90 Å². The Kier molecular flexibility index (Phi) is 16.9. The van der Waals surface area contributed by atoms with Gasteiger partial charge in [0.25, 0.3) is 0 Å². The average molecular weight is 716 g/mol. The van der Waals surface area contributed by atoms with Crippen molar-refractivity contribution in [2.45, 2.75) is 40.7 Å². The van der Waals surface area contributed by atoms with Crippen molar-refractivity contribution in [1.82, 2.24) is 9.80 Å². The molecule has 0 aliphatic carbocycles. The van der Waals surface area contributed by atoms with Gasteiger partial charge in [-0.3, -0.25) is 4.90 Å². The highest BCUT2D eigenvalue weighted by atomic mass is 32.2. The SMILES string of the molecule is COCCOCC(COCC(COCC(CN1CCN(CCCN2c3ccccc3Sc3ccc(C(F)(F)F)cc32)CC1)OC)OC)OC. The number of hydrogen-bond acceptors (Lipinski definition) is 11. The minimum absolute atomic E-state index is 0.0780. The van der Waals surface area contributed by atoms with Crippen LogP contribution in [0.25, 0.3) is 0 Å². The van der Waals surface area contributed by atoms with Gasteiger partial charge in [0.05, 0.1) is 69.3 Å². The summed E-state index contributed by atoms with van der Waals surface area (Å²) in [6, 6.07) is 12.0. The van der Waals surface area contributed by atoms with Crippen LogP contribution in [0.3, 0.4) is 0 Å². The largest absolute Gasteiger partial charge is 0.416 e. The van der Waals surface area contributed by atoms with E-state index in [9.17, 15) is 13.2 Å². The molecule has 2 heterocycles. The molecule has 2 aliphatic heterocycles. The topological polar surface area (TPSA) is 74.3 Å². The fraction of sp³-hybridized carbons (Fsp3) is 0.657. The molecule has 276 valence electrons. The van der Waals surface area contributed by atoms with Crippen molar-refractivity contribution in [2.75, 3.05) is 125 Å². The highest BCUT2D eigenvalue weighted by molar-refractivity contribution is 7.99. The third-order valence-electron chi connectivity index (χ3n) is 8.69. The number of anilines is 2. The van der Waals surface area contributed by atoms with Crippen LogP contribution in [0.2, 0.25) is 0 Å². The van der Waals surface area contributed by atoms with Crippen LogP contribution in [0.1, 0.15) is 12.0 Å². The molecule has 2 aromatic rings. The molecule has 1 saturated heterocycles. The van der Waals surface area contributed by atoms with Gasteiger partial charge >= 0.3 is 6.18 Å². The summed E-state index contributed by atoms with van der Waals surface area (Å²) in [6.45, 7) is 8.97. The second-order valence-corrected chi connectivity index (χ2v) is 13.2. The molecule has 0 radical (unpaired) electrons. The molecule has 4 rings (SSSR count). The molecule has 0 N–H and O–H groups in total. The molecular weight excluding hydrogens is 663 g/mol. The van der Waals surface area contributed by atoms with E-state index >= 15 is 0 Å². The van der Waals surface area contributed by atoms with Gasteiger partial charge in [-0.1, -0.05) is 23.9 Å². The van der Waals surface area contributed by atoms with E-state index in [-0.39, 0.29) is 18.3 Å². The van der Waals surface area contributed by atoms with Crippen LogP contribution in [-0.2, 0) is 39.3 Å². The molecule has 0 saturated carbocycles. The molecule has 3 unspecified atom stereocenters. The summed E-state index contributed by atoms with van der Waals surface area (Å²) in [6.07, 6.45) is -4.02. The normalized spacial score (nSPS) is 17.5. The van der Waals surface area contributed by atoms with Gasteiger partial charge in [-0.25, -0.2) is 0 Å². The first-order valence-corrected chi connectivity index (χ1v) is 17.6. The average Bonchev–Trinajstić information content (AvgIpc) is 3.11. The highest BCUT2D eigenvalue weighted by Crippen LogP contribution is 2.49. The lowest BCUT2D eigenvalue weighted by molar-refractivity contribution is -0.137. The molecular formula is C35H52F3N3O7S. The number of halogens is 3. The Hall–Kier alpha value is -1.98. The molecule has 0 bridgehead atoms. The monoisotopic (exact) mass is 715 g/mol. The predicted octanol–water partition coefficient (Wildman–Crippen LogP) is 5.06. The number of benzene rings is 2. The van der Waals surface area contributed by atoms with Crippen molar-refractivity contribution in [2.24, 2.45) is 0 Å². The van der Waals surface area contributed by atoms with Gasteiger partial charge in [-0.15, -0.1) is 0 Å². The molecule has 0 aromatic heterocycles. The zero-order valence-corrected chi connectivity index (χ0v) is 29.9. The van der Waals surface area contributed by atoms with Crippen molar-refractivity contribution >= 4 is 23.1 Å². The molecule has 0 spiro atoms. The fourth-order valence-corrected chi connectivity index (χ4v) is 6.84. The Morgan fingerprint density at radius 1 is 0.673 bits per heavy atom. The van der Waals surface area contributed by atoms with Crippen molar-refractivity contribution in [3.05, 3.63) is 48.0 Å². The number of rotatable bonds is 22. The minimum Gasteiger partial charge on any atom is -0.382 e. The van der Waals surface area contributed by atoms with Gasteiger partial charge < -0.3 is 43.0 Å². The first-order chi connectivity index (χ1) is 23.7. The fourth-order valence-electron chi connectivity index (χ4n) is 5.77. The van der Waals surface area contributed by atoms with Gasteiger partial charge in [0.15, 0.2) is 0 Å². The van der Waals surface area contributed by atoms with Crippen LogP contribution in [-0.4, -0.2) is 149 Å². The first kappa shape index (κ1) is 39.8. The van der Waals surface area contributed by atoms with Crippen LogP contribution in [0.5, 0.6) is 0 Å². The Morgan fingerprint density at radius 2 is 1.27 bits per heavy atom. The standard InChI is InChI=1S/C35H52F3N3O7S/c1-42-18-19-46-23-29(44-3)24-48-26-30(45-4)25-47-22-28(43-2)21-40-16-14-39(15-17-40)12-7-13-41-31-8-5-6-9-33(31)49-34-11-10-27(20-32(34)41)35(36,37)38/h5-6,8-11,20,28-30H,7,12-19,21-26H2,1-4H3. The van der Waals surface area contributed by atoms with Crippen LogP contribution in [0.4, 0.5) is 24.5 Å². The molecule has 10 nitrogen and oxygen atoms in total. The maximum Gasteiger partial charge on any atom is 0.416 e. The Balaban J connectivity index is 1.15. The van der Waals surface area contributed by atoms with Crippen molar-refractivity contribution < 1.29 is 46.3 Å². The summed E-state index contributed by atoms with van der Waals surface area (Å²) in [4.78, 5) is 8.76. The lowest BCUT2D eigenvalue weighted by atomic mass is 10.1. The number of para-hydroxylation sites is 1.